The molecule has 6 nitrogen and oxygen atoms in total. The van der Waals surface area contributed by atoms with Crippen molar-refractivity contribution in [2.45, 2.75) is 38.2 Å². The third kappa shape index (κ3) is 7.69. The summed E-state index contributed by atoms with van der Waals surface area (Å²) in [7, 11) is 0. The largest absolute Gasteiger partial charge is 0.508 e. The van der Waals surface area contributed by atoms with Crippen LogP contribution in [0.25, 0.3) is 0 Å². The summed E-state index contributed by atoms with van der Waals surface area (Å²) >= 11 is 12.0. The highest BCUT2D eigenvalue weighted by Crippen LogP contribution is 2.31. The molecular weight excluding hydrogens is 427 g/mol. The number of rotatable bonds is 12. The number of benzene rings is 2. The summed E-state index contributed by atoms with van der Waals surface area (Å²) in [6.45, 7) is 0.998. The fraction of sp³-hybridized carbons (Fsp3) is 0.409. The van der Waals surface area contributed by atoms with Gasteiger partial charge < -0.3 is 26.4 Å². The number of aliphatic hydroxyl groups excluding tert-OH is 1. The molecular formula is C22H28Cl2N2O4. The van der Waals surface area contributed by atoms with Crippen LogP contribution in [-0.4, -0.2) is 34.4 Å². The van der Waals surface area contributed by atoms with Crippen LogP contribution < -0.4 is 11.1 Å². The van der Waals surface area contributed by atoms with E-state index in [9.17, 15) is 20.1 Å². The Balaban J connectivity index is 1.67. The molecule has 0 fully saturated rings. The average Bonchev–Trinajstić information content (AvgIpc) is 2.71. The molecule has 8 heteroatoms. The standard InChI is InChI=1S/C22H28Cl2N2O4/c23-18-11-16(12-19(24)21(18)25)20(28)13-26-10-2-1-3-15(22(29)30)7-4-14-5-8-17(27)9-6-14/h5-6,8-9,11-12,15,20,26-28H,1-4,7,10,13,25H2,(H,29,30). The number of aliphatic hydroxyl groups is 1. The van der Waals surface area contributed by atoms with Gasteiger partial charge in [0.15, 0.2) is 0 Å². The van der Waals surface area contributed by atoms with E-state index in [4.69, 9.17) is 28.9 Å². The molecule has 2 aromatic carbocycles. The minimum Gasteiger partial charge on any atom is -0.508 e. The highest BCUT2D eigenvalue weighted by molar-refractivity contribution is 6.38. The Morgan fingerprint density at radius 1 is 1.07 bits per heavy atom. The molecule has 0 bridgehead atoms. The Kier molecular flexibility index (Phi) is 9.72. The van der Waals surface area contributed by atoms with E-state index in [1.54, 1.807) is 24.3 Å². The smallest absolute Gasteiger partial charge is 0.306 e. The number of phenolic OH excluding ortho intramolecular Hbond substituents is 1. The number of nitrogen functional groups attached to an aromatic ring is 1. The van der Waals surface area contributed by atoms with E-state index in [0.29, 0.717) is 53.6 Å². The molecule has 2 aromatic rings. The van der Waals surface area contributed by atoms with E-state index >= 15 is 0 Å². The first-order valence-electron chi connectivity index (χ1n) is 9.91. The number of aliphatic carboxylic acids is 1. The van der Waals surface area contributed by atoms with Crippen molar-refractivity contribution in [2.24, 2.45) is 5.92 Å². The van der Waals surface area contributed by atoms with E-state index in [2.05, 4.69) is 5.32 Å². The summed E-state index contributed by atoms with van der Waals surface area (Å²) in [6.07, 6.45) is 2.63. The number of carboxylic acid groups (broad SMARTS) is 1. The summed E-state index contributed by atoms with van der Waals surface area (Å²) < 4.78 is 0. The molecule has 0 aliphatic heterocycles. The van der Waals surface area contributed by atoms with Crippen LogP contribution in [0.15, 0.2) is 36.4 Å². The minimum absolute atomic E-state index is 0.203. The van der Waals surface area contributed by atoms with Crippen molar-refractivity contribution in [1.82, 2.24) is 5.32 Å². The summed E-state index contributed by atoms with van der Waals surface area (Å²) in [6, 6.07) is 10.0. The lowest BCUT2D eigenvalue weighted by Crippen LogP contribution is -2.23. The molecule has 0 aromatic heterocycles. The lowest BCUT2D eigenvalue weighted by Gasteiger charge is -2.15. The second-order valence-electron chi connectivity index (χ2n) is 7.35. The van der Waals surface area contributed by atoms with Crippen LogP contribution in [-0.2, 0) is 11.2 Å². The van der Waals surface area contributed by atoms with Crippen LogP contribution >= 0.6 is 23.2 Å². The van der Waals surface area contributed by atoms with Crippen molar-refractivity contribution in [3.63, 3.8) is 0 Å². The number of unbranched alkanes of at least 4 members (excludes halogenated alkanes) is 1. The zero-order chi connectivity index (χ0) is 22.1. The van der Waals surface area contributed by atoms with Gasteiger partial charge in [-0.15, -0.1) is 0 Å². The molecule has 2 atom stereocenters. The van der Waals surface area contributed by atoms with Crippen LogP contribution in [0.1, 0.15) is 42.9 Å². The predicted octanol–water partition coefficient (Wildman–Crippen LogP) is 4.41. The Hall–Kier alpha value is -1.99. The number of halogens is 2. The fourth-order valence-electron chi connectivity index (χ4n) is 3.19. The number of phenols is 1. The van der Waals surface area contributed by atoms with Gasteiger partial charge in [0.25, 0.3) is 0 Å². The second kappa shape index (κ2) is 12.0. The van der Waals surface area contributed by atoms with Crippen LogP contribution in [0.2, 0.25) is 10.0 Å². The normalized spacial score (nSPS) is 13.2. The number of hydrogen-bond donors (Lipinski definition) is 5. The average molecular weight is 455 g/mol. The molecule has 0 spiro atoms. The van der Waals surface area contributed by atoms with Crippen molar-refractivity contribution in [3.05, 3.63) is 57.6 Å². The Morgan fingerprint density at radius 2 is 1.70 bits per heavy atom. The van der Waals surface area contributed by atoms with Gasteiger partial charge >= 0.3 is 5.97 Å². The quantitative estimate of drug-likeness (QED) is 0.239. The predicted molar refractivity (Wildman–Crippen MR) is 120 cm³/mol. The van der Waals surface area contributed by atoms with E-state index in [0.717, 1.165) is 18.4 Å². The van der Waals surface area contributed by atoms with Crippen molar-refractivity contribution >= 4 is 34.9 Å². The van der Waals surface area contributed by atoms with Crippen molar-refractivity contribution in [1.29, 1.82) is 0 Å². The maximum absolute atomic E-state index is 11.5. The highest BCUT2D eigenvalue weighted by atomic mass is 35.5. The van der Waals surface area contributed by atoms with Crippen molar-refractivity contribution < 1.29 is 20.1 Å². The Morgan fingerprint density at radius 3 is 2.30 bits per heavy atom. The van der Waals surface area contributed by atoms with Crippen LogP contribution in [0.3, 0.4) is 0 Å². The zero-order valence-electron chi connectivity index (χ0n) is 16.7. The Labute approximate surface area is 186 Å². The van der Waals surface area contributed by atoms with Crippen LogP contribution in [0.4, 0.5) is 5.69 Å². The first kappa shape index (κ1) is 24.3. The number of aryl methyl sites for hydroxylation is 1. The third-order valence-corrected chi connectivity index (χ3v) is 5.67. The Bertz CT molecular complexity index is 807. The number of nitrogens with two attached hydrogens (primary N) is 1. The monoisotopic (exact) mass is 454 g/mol. The molecule has 0 saturated carbocycles. The van der Waals surface area contributed by atoms with Gasteiger partial charge in [-0.3, -0.25) is 4.79 Å². The van der Waals surface area contributed by atoms with Gasteiger partial charge in [0.05, 0.1) is 27.8 Å². The molecule has 2 rings (SSSR count). The van der Waals surface area contributed by atoms with E-state index in [-0.39, 0.29) is 5.75 Å². The summed E-state index contributed by atoms with van der Waals surface area (Å²) in [4.78, 5) is 11.5. The van der Waals surface area contributed by atoms with Gasteiger partial charge in [-0.25, -0.2) is 0 Å². The van der Waals surface area contributed by atoms with Crippen molar-refractivity contribution in [3.8, 4) is 5.75 Å². The molecule has 6 N–H and O–H groups in total. The number of nitrogens with one attached hydrogen (secondary N) is 1. The zero-order valence-corrected chi connectivity index (χ0v) is 18.2. The van der Waals surface area contributed by atoms with Gasteiger partial charge in [-0.1, -0.05) is 41.8 Å². The van der Waals surface area contributed by atoms with Gasteiger partial charge in [0.1, 0.15) is 5.75 Å². The second-order valence-corrected chi connectivity index (χ2v) is 8.17. The number of hydrogen-bond acceptors (Lipinski definition) is 5. The molecule has 0 saturated heterocycles. The molecule has 0 aliphatic rings. The maximum atomic E-state index is 11.5. The molecule has 0 radical (unpaired) electrons. The van der Waals surface area contributed by atoms with Crippen molar-refractivity contribution in [2.75, 3.05) is 18.8 Å². The van der Waals surface area contributed by atoms with Crippen LogP contribution in [0, 0.1) is 5.92 Å². The molecule has 0 aliphatic carbocycles. The summed E-state index contributed by atoms with van der Waals surface area (Å²) in [5.74, 6) is -0.980. The lowest BCUT2D eigenvalue weighted by molar-refractivity contribution is -0.142. The molecule has 2 unspecified atom stereocenters. The first-order valence-corrected chi connectivity index (χ1v) is 10.7. The SMILES string of the molecule is Nc1c(Cl)cc(C(O)CNCCCCC(CCc2ccc(O)cc2)C(=O)O)cc1Cl. The number of anilines is 1. The van der Waals surface area contributed by atoms with E-state index in [1.165, 1.54) is 0 Å². The third-order valence-electron chi connectivity index (χ3n) is 5.05. The topological polar surface area (TPSA) is 116 Å². The summed E-state index contributed by atoms with van der Waals surface area (Å²) in [5.41, 5.74) is 7.59. The first-order chi connectivity index (χ1) is 14.3. The van der Waals surface area contributed by atoms with Gasteiger partial charge in [-0.05, 0) is 67.6 Å². The molecule has 0 heterocycles. The fourth-order valence-corrected chi connectivity index (χ4v) is 3.69. The van der Waals surface area contributed by atoms with Gasteiger partial charge in [0.2, 0.25) is 0 Å². The van der Waals surface area contributed by atoms with Crippen LogP contribution in [0.5, 0.6) is 5.75 Å². The molecule has 0 amide bonds. The number of aromatic hydroxyl groups is 1. The van der Waals surface area contributed by atoms with Gasteiger partial charge in [-0.2, -0.15) is 0 Å². The molecule has 30 heavy (non-hydrogen) atoms. The minimum atomic E-state index is -0.783. The lowest BCUT2D eigenvalue weighted by atomic mass is 9.94. The van der Waals surface area contributed by atoms with E-state index in [1.807, 2.05) is 12.1 Å². The number of carboxylic acids is 1. The van der Waals surface area contributed by atoms with E-state index < -0.39 is 18.0 Å². The van der Waals surface area contributed by atoms with Gasteiger partial charge in [0, 0.05) is 6.54 Å². The highest BCUT2D eigenvalue weighted by Gasteiger charge is 2.17. The number of carbonyl (C=O) groups is 1. The molecule has 164 valence electrons. The summed E-state index contributed by atoms with van der Waals surface area (Å²) in [5, 5.41) is 32.8. The maximum Gasteiger partial charge on any atom is 0.306 e.